The number of benzene rings is 1. The van der Waals surface area contributed by atoms with Gasteiger partial charge in [-0.25, -0.2) is 9.97 Å². The van der Waals surface area contributed by atoms with E-state index in [1.165, 1.54) is 6.33 Å². The van der Waals surface area contributed by atoms with E-state index in [1.807, 2.05) is 32.0 Å². The maximum atomic E-state index is 5.90. The van der Waals surface area contributed by atoms with Crippen molar-refractivity contribution in [3.63, 3.8) is 0 Å². The maximum absolute atomic E-state index is 5.90. The molecule has 0 saturated heterocycles. The zero-order chi connectivity index (χ0) is 15.2. The van der Waals surface area contributed by atoms with Gasteiger partial charge >= 0.3 is 0 Å². The SMILES string of the molecule is CCOc1ncnc(NCc2ccc(OC)c(N)c2)c1C. The first-order valence-electron chi connectivity index (χ1n) is 6.76. The molecule has 0 amide bonds. The number of ether oxygens (including phenoxy) is 2. The Morgan fingerprint density at radius 2 is 2.10 bits per heavy atom. The number of aromatic nitrogens is 2. The first-order valence-corrected chi connectivity index (χ1v) is 6.76. The van der Waals surface area contributed by atoms with Crippen LogP contribution < -0.4 is 20.5 Å². The number of hydrogen-bond donors (Lipinski definition) is 2. The molecular weight excluding hydrogens is 268 g/mol. The van der Waals surface area contributed by atoms with E-state index in [-0.39, 0.29) is 0 Å². The van der Waals surface area contributed by atoms with Crippen LogP contribution >= 0.6 is 0 Å². The summed E-state index contributed by atoms with van der Waals surface area (Å²) in [4.78, 5) is 8.34. The van der Waals surface area contributed by atoms with Gasteiger partial charge in [-0.1, -0.05) is 6.07 Å². The molecule has 0 unspecified atom stereocenters. The number of anilines is 2. The summed E-state index contributed by atoms with van der Waals surface area (Å²) < 4.78 is 10.6. The Morgan fingerprint density at radius 1 is 1.29 bits per heavy atom. The van der Waals surface area contributed by atoms with Gasteiger partial charge in [0.15, 0.2) is 0 Å². The van der Waals surface area contributed by atoms with Crippen molar-refractivity contribution in [1.82, 2.24) is 9.97 Å². The van der Waals surface area contributed by atoms with Crippen LogP contribution in [0.1, 0.15) is 18.1 Å². The van der Waals surface area contributed by atoms with Gasteiger partial charge in [0.05, 0.1) is 25.0 Å². The van der Waals surface area contributed by atoms with Crippen LogP contribution in [0.4, 0.5) is 11.5 Å². The lowest BCUT2D eigenvalue weighted by molar-refractivity contribution is 0.324. The molecule has 0 radical (unpaired) electrons. The van der Waals surface area contributed by atoms with Crippen molar-refractivity contribution in [3.8, 4) is 11.6 Å². The number of nitrogens with zero attached hydrogens (tertiary/aromatic N) is 2. The third kappa shape index (κ3) is 3.53. The molecule has 6 nitrogen and oxygen atoms in total. The van der Waals surface area contributed by atoms with Gasteiger partial charge in [-0.15, -0.1) is 0 Å². The molecule has 0 bridgehead atoms. The predicted molar refractivity (Wildman–Crippen MR) is 82.7 cm³/mol. The second-order valence-corrected chi connectivity index (χ2v) is 4.52. The Labute approximate surface area is 124 Å². The Bertz CT molecular complexity index is 617. The lowest BCUT2D eigenvalue weighted by Crippen LogP contribution is -2.06. The predicted octanol–water partition coefficient (Wildman–Crippen LogP) is 2.39. The van der Waals surface area contributed by atoms with Crippen LogP contribution in [-0.2, 0) is 6.54 Å². The molecule has 0 saturated carbocycles. The molecule has 1 aromatic heterocycles. The van der Waals surface area contributed by atoms with Crippen LogP contribution in [0.25, 0.3) is 0 Å². The van der Waals surface area contributed by atoms with Crippen LogP contribution in [0.2, 0.25) is 0 Å². The minimum absolute atomic E-state index is 0.576. The lowest BCUT2D eigenvalue weighted by atomic mass is 10.2. The van der Waals surface area contributed by atoms with Crippen LogP contribution in [0.15, 0.2) is 24.5 Å². The first kappa shape index (κ1) is 14.9. The normalized spacial score (nSPS) is 10.2. The van der Waals surface area contributed by atoms with Crippen molar-refractivity contribution in [3.05, 3.63) is 35.7 Å². The number of nitrogens with two attached hydrogens (primary N) is 1. The van der Waals surface area contributed by atoms with Crippen LogP contribution in [-0.4, -0.2) is 23.7 Å². The summed E-state index contributed by atoms with van der Waals surface area (Å²) >= 11 is 0. The second-order valence-electron chi connectivity index (χ2n) is 4.52. The van der Waals surface area contributed by atoms with Crippen LogP contribution in [0.3, 0.4) is 0 Å². The van der Waals surface area contributed by atoms with Gasteiger partial charge < -0.3 is 20.5 Å². The quantitative estimate of drug-likeness (QED) is 0.794. The van der Waals surface area contributed by atoms with Gasteiger partial charge in [0.2, 0.25) is 5.88 Å². The van der Waals surface area contributed by atoms with E-state index < -0.39 is 0 Å². The average molecular weight is 288 g/mol. The number of methoxy groups -OCH3 is 1. The summed E-state index contributed by atoms with van der Waals surface area (Å²) in [7, 11) is 1.60. The van der Waals surface area contributed by atoms with Crippen LogP contribution in [0.5, 0.6) is 11.6 Å². The molecule has 3 N–H and O–H groups in total. The minimum Gasteiger partial charge on any atom is -0.495 e. The summed E-state index contributed by atoms with van der Waals surface area (Å²) in [5.74, 6) is 2.03. The molecule has 1 heterocycles. The van der Waals surface area contributed by atoms with E-state index in [1.54, 1.807) is 7.11 Å². The van der Waals surface area contributed by atoms with E-state index in [0.29, 0.717) is 30.5 Å². The first-order chi connectivity index (χ1) is 10.2. The van der Waals surface area contributed by atoms with Gasteiger partial charge in [-0.05, 0) is 31.5 Å². The largest absolute Gasteiger partial charge is 0.495 e. The summed E-state index contributed by atoms with van der Waals surface area (Å²) in [6.45, 7) is 5.04. The zero-order valence-electron chi connectivity index (χ0n) is 12.5. The topological polar surface area (TPSA) is 82.3 Å². The van der Waals surface area contributed by atoms with Gasteiger partial charge in [0.25, 0.3) is 0 Å². The Kier molecular flexibility index (Phi) is 4.81. The fourth-order valence-corrected chi connectivity index (χ4v) is 1.97. The van der Waals surface area contributed by atoms with Crippen molar-refractivity contribution in [2.45, 2.75) is 20.4 Å². The fourth-order valence-electron chi connectivity index (χ4n) is 1.97. The summed E-state index contributed by atoms with van der Waals surface area (Å²) in [5, 5.41) is 3.27. The summed E-state index contributed by atoms with van der Waals surface area (Å²) in [6.07, 6.45) is 1.49. The molecule has 0 aliphatic heterocycles. The van der Waals surface area contributed by atoms with Gasteiger partial charge in [-0.2, -0.15) is 0 Å². The van der Waals surface area contributed by atoms with Crippen molar-refractivity contribution in [2.75, 3.05) is 24.8 Å². The molecule has 0 aliphatic carbocycles. The van der Waals surface area contributed by atoms with Crippen molar-refractivity contribution in [1.29, 1.82) is 0 Å². The van der Waals surface area contributed by atoms with Gasteiger partial charge in [0, 0.05) is 6.54 Å². The Balaban J connectivity index is 2.09. The summed E-state index contributed by atoms with van der Waals surface area (Å²) in [5.41, 5.74) is 8.45. The zero-order valence-corrected chi connectivity index (χ0v) is 12.5. The van der Waals surface area contributed by atoms with E-state index >= 15 is 0 Å². The monoisotopic (exact) mass is 288 g/mol. The molecule has 21 heavy (non-hydrogen) atoms. The Morgan fingerprint density at radius 3 is 2.76 bits per heavy atom. The lowest BCUT2D eigenvalue weighted by Gasteiger charge is -2.12. The molecule has 0 aliphatic rings. The number of nitrogens with one attached hydrogen (secondary N) is 1. The highest BCUT2D eigenvalue weighted by Crippen LogP contribution is 2.24. The molecule has 2 aromatic rings. The standard InChI is InChI=1S/C15H20N4O2/c1-4-21-15-10(2)14(18-9-19-15)17-8-11-5-6-13(20-3)12(16)7-11/h5-7,9H,4,8,16H2,1-3H3,(H,17,18,19). The molecule has 112 valence electrons. The summed E-state index contributed by atoms with van der Waals surface area (Å²) in [6, 6.07) is 5.69. The van der Waals surface area contributed by atoms with E-state index in [9.17, 15) is 0 Å². The Hall–Kier alpha value is -2.50. The van der Waals surface area contributed by atoms with Crippen molar-refractivity contribution in [2.24, 2.45) is 0 Å². The van der Waals surface area contributed by atoms with Crippen molar-refractivity contribution < 1.29 is 9.47 Å². The van der Waals surface area contributed by atoms with E-state index in [2.05, 4.69) is 15.3 Å². The minimum atomic E-state index is 0.576. The highest BCUT2D eigenvalue weighted by molar-refractivity contribution is 5.55. The fraction of sp³-hybridized carbons (Fsp3) is 0.333. The highest BCUT2D eigenvalue weighted by Gasteiger charge is 2.08. The smallest absolute Gasteiger partial charge is 0.221 e. The molecule has 2 rings (SSSR count). The molecule has 1 aromatic carbocycles. The number of rotatable bonds is 6. The van der Waals surface area contributed by atoms with Gasteiger partial charge in [-0.3, -0.25) is 0 Å². The molecule has 0 spiro atoms. The van der Waals surface area contributed by atoms with E-state index in [4.69, 9.17) is 15.2 Å². The maximum Gasteiger partial charge on any atom is 0.221 e. The molecular formula is C15H20N4O2. The van der Waals surface area contributed by atoms with E-state index in [0.717, 1.165) is 16.9 Å². The van der Waals surface area contributed by atoms with Crippen molar-refractivity contribution >= 4 is 11.5 Å². The third-order valence-corrected chi connectivity index (χ3v) is 3.07. The number of nitrogen functional groups attached to an aromatic ring is 1. The molecule has 0 atom stereocenters. The second kappa shape index (κ2) is 6.78. The highest BCUT2D eigenvalue weighted by atomic mass is 16.5. The average Bonchev–Trinajstić information content (AvgIpc) is 2.48. The molecule has 0 fully saturated rings. The molecule has 6 heteroatoms. The third-order valence-electron chi connectivity index (χ3n) is 3.07. The van der Waals surface area contributed by atoms with Crippen LogP contribution in [0, 0.1) is 6.92 Å². The van der Waals surface area contributed by atoms with Gasteiger partial charge in [0.1, 0.15) is 17.9 Å². The number of hydrogen-bond acceptors (Lipinski definition) is 6.